The molecule has 1 heterocycles. The minimum Gasteiger partial charge on any atom is -0.355 e. The lowest BCUT2D eigenvalue weighted by atomic mass is 10.1. The zero-order chi connectivity index (χ0) is 11.5. The van der Waals surface area contributed by atoms with Gasteiger partial charge in [-0.2, -0.15) is 0 Å². The normalized spacial score (nSPS) is 18.9. The lowest BCUT2D eigenvalue weighted by Crippen LogP contribution is -2.17. The van der Waals surface area contributed by atoms with Crippen molar-refractivity contribution in [2.45, 2.75) is 6.10 Å². The van der Waals surface area contributed by atoms with Gasteiger partial charge in [-0.15, -0.1) is 0 Å². The van der Waals surface area contributed by atoms with E-state index in [4.69, 9.17) is 4.84 Å². The van der Waals surface area contributed by atoms with Crippen molar-refractivity contribution in [1.82, 2.24) is 10.8 Å². The van der Waals surface area contributed by atoms with Gasteiger partial charge in [0.05, 0.1) is 0 Å². The van der Waals surface area contributed by atoms with Gasteiger partial charge in [0.1, 0.15) is 10.7 Å². The van der Waals surface area contributed by atoms with Gasteiger partial charge in [0.25, 0.3) is 5.91 Å². The smallest absolute Gasteiger partial charge is 0.251 e. The quantitative estimate of drug-likeness (QED) is 0.814. The summed E-state index contributed by atoms with van der Waals surface area (Å²) in [6.07, 6.45) is 1.79. The summed E-state index contributed by atoms with van der Waals surface area (Å²) in [6.45, 7) is 0. The second-order valence-corrected chi connectivity index (χ2v) is 4.21. The molecule has 5 heteroatoms. The third-order valence-corrected chi connectivity index (χ3v) is 2.74. The van der Waals surface area contributed by atoms with Crippen molar-refractivity contribution in [3.63, 3.8) is 0 Å². The molecular weight excluding hydrogens is 272 g/mol. The second kappa shape index (κ2) is 4.67. The van der Waals surface area contributed by atoms with E-state index in [-0.39, 0.29) is 12.0 Å². The van der Waals surface area contributed by atoms with Crippen molar-refractivity contribution in [3.05, 3.63) is 46.1 Å². The van der Waals surface area contributed by atoms with Gasteiger partial charge in [0.15, 0.2) is 0 Å². The van der Waals surface area contributed by atoms with Gasteiger partial charge >= 0.3 is 0 Å². The molecule has 0 fully saturated rings. The van der Waals surface area contributed by atoms with Crippen LogP contribution in [0.1, 0.15) is 22.0 Å². The number of halogens is 1. The molecule has 16 heavy (non-hydrogen) atoms. The Morgan fingerprint density at radius 2 is 2.12 bits per heavy atom. The van der Waals surface area contributed by atoms with Gasteiger partial charge in [-0.05, 0) is 39.7 Å². The summed E-state index contributed by atoms with van der Waals surface area (Å²) in [5, 5.41) is 2.58. The molecule has 1 amide bonds. The molecule has 1 atom stereocenters. The van der Waals surface area contributed by atoms with E-state index in [0.29, 0.717) is 5.56 Å². The van der Waals surface area contributed by atoms with Crippen LogP contribution < -0.4 is 10.8 Å². The van der Waals surface area contributed by atoms with Crippen LogP contribution in [0.3, 0.4) is 0 Å². The van der Waals surface area contributed by atoms with Gasteiger partial charge in [0.2, 0.25) is 0 Å². The van der Waals surface area contributed by atoms with Crippen LogP contribution in [-0.4, -0.2) is 13.0 Å². The molecule has 0 aromatic heterocycles. The number of rotatable bonds is 2. The Morgan fingerprint density at radius 3 is 2.62 bits per heavy atom. The molecule has 0 aliphatic carbocycles. The van der Waals surface area contributed by atoms with Gasteiger partial charge < -0.3 is 5.32 Å². The van der Waals surface area contributed by atoms with E-state index in [2.05, 4.69) is 26.7 Å². The third kappa shape index (κ3) is 2.25. The summed E-state index contributed by atoms with van der Waals surface area (Å²) in [5.74, 6) is -0.0891. The van der Waals surface area contributed by atoms with Crippen molar-refractivity contribution in [2.75, 3.05) is 7.05 Å². The number of carbonyl (C=O) groups is 1. The fourth-order valence-electron chi connectivity index (χ4n) is 1.45. The average Bonchev–Trinajstić information content (AvgIpc) is 2.75. The fourth-order valence-corrected chi connectivity index (χ4v) is 1.79. The summed E-state index contributed by atoms with van der Waals surface area (Å²) in [6, 6.07) is 7.30. The van der Waals surface area contributed by atoms with Crippen molar-refractivity contribution in [2.24, 2.45) is 0 Å². The predicted octanol–water partition coefficient (Wildman–Crippen LogP) is 1.86. The summed E-state index contributed by atoms with van der Waals surface area (Å²) >= 11 is 3.29. The van der Waals surface area contributed by atoms with Crippen LogP contribution in [0.15, 0.2) is 34.9 Å². The lowest BCUT2D eigenvalue weighted by Gasteiger charge is -2.08. The summed E-state index contributed by atoms with van der Waals surface area (Å²) in [4.78, 5) is 16.6. The van der Waals surface area contributed by atoms with Crippen LogP contribution in [0, 0.1) is 0 Å². The first-order valence-electron chi connectivity index (χ1n) is 4.81. The highest BCUT2D eigenvalue weighted by Gasteiger charge is 2.16. The Hall–Kier alpha value is -1.33. The van der Waals surface area contributed by atoms with E-state index >= 15 is 0 Å². The van der Waals surface area contributed by atoms with Crippen LogP contribution >= 0.6 is 15.9 Å². The average molecular weight is 283 g/mol. The van der Waals surface area contributed by atoms with E-state index in [1.54, 1.807) is 19.2 Å². The van der Waals surface area contributed by atoms with Crippen LogP contribution in [0.5, 0.6) is 0 Å². The molecule has 84 valence electrons. The summed E-state index contributed by atoms with van der Waals surface area (Å²) in [7, 11) is 1.61. The van der Waals surface area contributed by atoms with Crippen molar-refractivity contribution in [1.29, 1.82) is 0 Å². The lowest BCUT2D eigenvalue weighted by molar-refractivity contribution is 0.0458. The number of carbonyl (C=O) groups excluding carboxylic acids is 1. The Morgan fingerprint density at radius 1 is 1.44 bits per heavy atom. The number of benzene rings is 1. The Labute approximate surface area is 102 Å². The van der Waals surface area contributed by atoms with Gasteiger partial charge in [-0.25, -0.2) is 0 Å². The standard InChI is InChI=1S/C11H11BrN2O2/c1-13-11(15)8-4-2-7(3-5-8)9-6-10(12)14-16-9/h2-6,9,14H,1H3,(H,13,15)/t9-/m1/s1. The van der Waals surface area contributed by atoms with E-state index in [9.17, 15) is 4.79 Å². The molecule has 1 aromatic carbocycles. The number of amides is 1. The van der Waals surface area contributed by atoms with E-state index < -0.39 is 0 Å². The third-order valence-electron chi connectivity index (χ3n) is 2.31. The highest BCUT2D eigenvalue weighted by molar-refractivity contribution is 9.11. The Kier molecular flexibility index (Phi) is 3.26. The van der Waals surface area contributed by atoms with Crippen LogP contribution in [0.4, 0.5) is 0 Å². The minimum absolute atomic E-state index is 0.0891. The number of hydrogen-bond acceptors (Lipinski definition) is 3. The van der Waals surface area contributed by atoms with Crippen LogP contribution in [0.2, 0.25) is 0 Å². The van der Waals surface area contributed by atoms with E-state index in [1.165, 1.54) is 0 Å². The van der Waals surface area contributed by atoms with Gasteiger partial charge in [0, 0.05) is 12.6 Å². The van der Waals surface area contributed by atoms with E-state index in [0.717, 1.165) is 10.2 Å². The highest BCUT2D eigenvalue weighted by Crippen LogP contribution is 2.26. The zero-order valence-corrected chi connectivity index (χ0v) is 10.2. The molecule has 0 bridgehead atoms. The molecule has 1 aliphatic rings. The first-order valence-corrected chi connectivity index (χ1v) is 5.61. The molecule has 0 spiro atoms. The molecule has 1 aromatic rings. The molecule has 0 unspecified atom stereocenters. The number of hydroxylamine groups is 1. The Balaban J connectivity index is 2.16. The second-order valence-electron chi connectivity index (χ2n) is 3.36. The molecule has 0 saturated carbocycles. The summed E-state index contributed by atoms with van der Waals surface area (Å²) in [5.41, 5.74) is 4.35. The number of nitrogens with one attached hydrogen (secondary N) is 2. The van der Waals surface area contributed by atoms with Gasteiger partial charge in [-0.3, -0.25) is 15.1 Å². The van der Waals surface area contributed by atoms with Crippen LogP contribution in [-0.2, 0) is 4.84 Å². The number of hydrogen-bond donors (Lipinski definition) is 2. The molecule has 0 radical (unpaired) electrons. The molecule has 2 rings (SSSR count). The SMILES string of the molecule is CNC(=O)c1ccc([C@H]2C=C(Br)NO2)cc1. The highest BCUT2D eigenvalue weighted by atomic mass is 79.9. The molecular formula is C11H11BrN2O2. The summed E-state index contributed by atoms with van der Waals surface area (Å²) < 4.78 is 0.813. The maximum Gasteiger partial charge on any atom is 0.251 e. The van der Waals surface area contributed by atoms with Crippen LogP contribution in [0.25, 0.3) is 0 Å². The first-order chi connectivity index (χ1) is 7.70. The van der Waals surface area contributed by atoms with Crippen molar-refractivity contribution < 1.29 is 9.63 Å². The molecule has 2 N–H and O–H groups in total. The molecule has 4 nitrogen and oxygen atoms in total. The maximum atomic E-state index is 11.3. The zero-order valence-electron chi connectivity index (χ0n) is 8.66. The topological polar surface area (TPSA) is 50.4 Å². The Bertz CT molecular complexity index is 428. The van der Waals surface area contributed by atoms with E-state index in [1.807, 2.05) is 18.2 Å². The van der Waals surface area contributed by atoms with Gasteiger partial charge in [-0.1, -0.05) is 12.1 Å². The minimum atomic E-state index is -0.117. The monoisotopic (exact) mass is 282 g/mol. The largest absolute Gasteiger partial charge is 0.355 e. The predicted molar refractivity (Wildman–Crippen MR) is 63.8 cm³/mol. The van der Waals surface area contributed by atoms with Crippen molar-refractivity contribution in [3.8, 4) is 0 Å². The fraction of sp³-hybridized carbons (Fsp3) is 0.182. The molecule has 0 saturated heterocycles. The molecule has 1 aliphatic heterocycles. The first kappa shape index (κ1) is 11.2. The van der Waals surface area contributed by atoms with Crippen molar-refractivity contribution >= 4 is 21.8 Å². The maximum absolute atomic E-state index is 11.3.